The zero-order valence-corrected chi connectivity index (χ0v) is 10.4. The molecule has 0 aliphatic heterocycles. The first-order valence-electron chi connectivity index (χ1n) is 4.70. The highest BCUT2D eigenvalue weighted by Crippen LogP contribution is 2.39. The van der Waals surface area contributed by atoms with E-state index in [1.807, 2.05) is 6.20 Å². The van der Waals surface area contributed by atoms with Crippen LogP contribution < -0.4 is 5.73 Å². The molecule has 0 saturated carbocycles. The molecule has 0 amide bonds. The Morgan fingerprint density at radius 1 is 1.43 bits per heavy atom. The highest BCUT2D eigenvalue weighted by molar-refractivity contribution is 7.15. The van der Waals surface area contributed by atoms with E-state index in [4.69, 9.17) is 5.73 Å². The van der Waals surface area contributed by atoms with Gasteiger partial charge < -0.3 is 10.6 Å². The second kappa shape index (κ2) is 3.87. The van der Waals surface area contributed by atoms with Crippen molar-refractivity contribution < 1.29 is 0 Å². The van der Waals surface area contributed by atoms with Crippen molar-refractivity contribution >= 4 is 16.5 Å². The zero-order valence-electron chi connectivity index (χ0n) is 9.53. The van der Waals surface area contributed by atoms with Crippen LogP contribution in [0.5, 0.6) is 0 Å². The molecule has 0 aromatic carbocycles. The molecular weight excluding hydrogens is 194 g/mol. The second-order valence-electron chi connectivity index (χ2n) is 4.83. The van der Waals surface area contributed by atoms with Crippen LogP contribution in [0.2, 0.25) is 0 Å². The number of hydrogen-bond donors (Lipinski definition) is 1. The molecule has 1 rings (SSSR count). The summed E-state index contributed by atoms with van der Waals surface area (Å²) < 4.78 is 0. The number of thiazole rings is 1. The van der Waals surface area contributed by atoms with Crippen LogP contribution in [0.1, 0.15) is 31.7 Å². The summed E-state index contributed by atoms with van der Waals surface area (Å²) in [6.07, 6.45) is 1.88. The highest BCUT2D eigenvalue weighted by Gasteiger charge is 2.29. The number of hydrogen-bond acceptors (Lipinski definition) is 4. The molecule has 1 heterocycles. The first kappa shape index (κ1) is 11.5. The van der Waals surface area contributed by atoms with E-state index in [-0.39, 0.29) is 5.41 Å². The number of nitrogens with zero attached hydrogens (tertiary/aromatic N) is 2. The van der Waals surface area contributed by atoms with E-state index in [9.17, 15) is 0 Å². The molecule has 80 valence electrons. The lowest BCUT2D eigenvalue weighted by Crippen LogP contribution is -2.30. The predicted octanol–water partition coefficient (Wildman–Crippen LogP) is 2.37. The smallest absolute Gasteiger partial charge is 0.180 e. The molecule has 0 spiro atoms. The van der Waals surface area contributed by atoms with Crippen molar-refractivity contribution in [3.8, 4) is 0 Å². The molecule has 0 aliphatic rings. The minimum absolute atomic E-state index is 0.197. The Morgan fingerprint density at radius 3 is 2.29 bits per heavy atom. The molecule has 1 aromatic heterocycles. The van der Waals surface area contributed by atoms with Crippen molar-refractivity contribution in [2.24, 2.45) is 5.41 Å². The summed E-state index contributed by atoms with van der Waals surface area (Å²) >= 11 is 1.58. The fraction of sp³-hybridized carbons (Fsp3) is 0.700. The predicted molar refractivity (Wildman–Crippen MR) is 62.4 cm³/mol. The Balaban J connectivity index is 3.01. The first-order chi connectivity index (χ1) is 6.32. The molecule has 1 unspecified atom stereocenters. The monoisotopic (exact) mass is 213 g/mol. The van der Waals surface area contributed by atoms with Gasteiger partial charge in [-0.3, -0.25) is 0 Å². The molecule has 0 bridgehead atoms. The van der Waals surface area contributed by atoms with Crippen LogP contribution in [0.4, 0.5) is 5.13 Å². The quantitative estimate of drug-likeness (QED) is 0.820. The van der Waals surface area contributed by atoms with Gasteiger partial charge in [-0.1, -0.05) is 20.8 Å². The van der Waals surface area contributed by atoms with Crippen molar-refractivity contribution in [3.05, 3.63) is 11.1 Å². The van der Waals surface area contributed by atoms with Crippen LogP contribution in [-0.2, 0) is 0 Å². The molecule has 0 fully saturated rings. The summed E-state index contributed by atoms with van der Waals surface area (Å²) in [7, 11) is 4.18. The molecule has 3 nitrogen and oxygen atoms in total. The standard InChI is InChI=1S/C10H19N3S/c1-10(2,3)8(13(4)5)7-6-12-9(11)14-7/h6,8H,1-5H3,(H2,11,12). The minimum atomic E-state index is 0.197. The average Bonchev–Trinajstić information content (AvgIpc) is 2.31. The van der Waals surface area contributed by atoms with Crippen molar-refractivity contribution in [1.29, 1.82) is 0 Å². The number of nitrogen functional groups attached to an aromatic ring is 1. The summed E-state index contributed by atoms with van der Waals surface area (Å²) in [5.74, 6) is 0. The lowest BCUT2D eigenvalue weighted by atomic mass is 9.85. The molecule has 0 saturated heterocycles. The van der Waals surface area contributed by atoms with E-state index in [1.165, 1.54) is 4.88 Å². The topological polar surface area (TPSA) is 42.2 Å². The molecule has 0 radical (unpaired) electrons. The third-order valence-electron chi connectivity index (χ3n) is 2.15. The van der Waals surface area contributed by atoms with Crippen LogP contribution in [0.25, 0.3) is 0 Å². The average molecular weight is 213 g/mol. The van der Waals surface area contributed by atoms with Gasteiger partial charge in [-0.25, -0.2) is 4.98 Å². The van der Waals surface area contributed by atoms with Gasteiger partial charge in [0, 0.05) is 11.1 Å². The summed E-state index contributed by atoms with van der Waals surface area (Å²) in [4.78, 5) is 7.55. The second-order valence-corrected chi connectivity index (χ2v) is 5.93. The van der Waals surface area contributed by atoms with E-state index in [0.29, 0.717) is 11.2 Å². The molecule has 0 aliphatic carbocycles. The van der Waals surface area contributed by atoms with Crippen molar-refractivity contribution in [2.75, 3.05) is 19.8 Å². The summed E-state index contributed by atoms with van der Waals surface area (Å²) in [5, 5.41) is 0.649. The van der Waals surface area contributed by atoms with Crippen LogP contribution in [-0.4, -0.2) is 24.0 Å². The van der Waals surface area contributed by atoms with Gasteiger partial charge in [0.1, 0.15) is 0 Å². The Labute approximate surface area is 89.9 Å². The third-order valence-corrected chi connectivity index (χ3v) is 3.03. The normalized spacial score (nSPS) is 14.7. The van der Waals surface area contributed by atoms with Gasteiger partial charge in [0.2, 0.25) is 0 Å². The van der Waals surface area contributed by atoms with Crippen molar-refractivity contribution in [3.63, 3.8) is 0 Å². The Bertz CT molecular complexity index is 299. The molecule has 2 N–H and O–H groups in total. The Morgan fingerprint density at radius 2 is 2.00 bits per heavy atom. The zero-order chi connectivity index (χ0) is 10.9. The lowest BCUT2D eigenvalue weighted by Gasteiger charge is -2.34. The largest absolute Gasteiger partial charge is 0.375 e. The van der Waals surface area contributed by atoms with Crippen LogP contribution >= 0.6 is 11.3 Å². The summed E-state index contributed by atoms with van der Waals surface area (Å²) in [6.45, 7) is 6.69. The fourth-order valence-corrected chi connectivity index (χ4v) is 3.01. The van der Waals surface area contributed by atoms with E-state index in [2.05, 4.69) is 44.8 Å². The third kappa shape index (κ3) is 2.45. The van der Waals surface area contributed by atoms with Gasteiger partial charge in [0.15, 0.2) is 5.13 Å². The van der Waals surface area contributed by atoms with Gasteiger partial charge in [-0.15, -0.1) is 11.3 Å². The fourth-order valence-electron chi connectivity index (χ4n) is 1.88. The van der Waals surface area contributed by atoms with Crippen molar-refractivity contribution in [2.45, 2.75) is 26.8 Å². The summed E-state index contributed by atoms with van der Waals surface area (Å²) in [5.41, 5.74) is 5.85. The maximum Gasteiger partial charge on any atom is 0.180 e. The molecular formula is C10H19N3S. The summed E-state index contributed by atoms with van der Waals surface area (Å²) in [6, 6.07) is 0.372. The van der Waals surface area contributed by atoms with Crippen molar-refractivity contribution in [1.82, 2.24) is 9.88 Å². The van der Waals surface area contributed by atoms with E-state index in [0.717, 1.165) is 0 Å². The molecule has 1 atom stereocenters. The van der Waals surface area contributed by atoms with Crippen LogP contribution in [0.3, 0.4) is 0 Å². The number of nitrogens with two attached hydrogens (primary N) is 1. The number of rotatable bonds is 2. The highest BCUT2D eigenvalue weighted by atomic mass is 32.1. The van der Waals surface area contributed by atoms with Gasteiger partial charge in [-0.2, -0.15) is 0 Å². The molecule has 4 heteroatoms. The van der Waals surface area contributed by atoms with E-state index in [1.54, 1.807) is 11.3 Å². The minimum Gasteiger partial charge on any atom is -0.375 e. The lowest BCUT2D eigenvalue weighted by molar-refractivity contribution is 0.157. The number of anilines is 1. The Hall–Kier alpha value is -0.610. The molecule has 1 aromatic rings. The number of aromatic nitrogens is 1. The SMILES string of the molecule is CN(C)C(c1cnc(N)s1)C(C)(C)C. The van der Waals surface area contributed by atoms with Gasteiger partial charge in [-0.05, 0) is 19.5 Å². The molecule has 14 heavy (non-hydrogen) atoms. The van der Waals surface area contributed by atoms with E-state index >= 15 is 0 Å². The van der Waals surface area contributed by atoms with Gasteiger partial charge in [0.25, 0.3) is 0 Å². The Kier molecular flexibility index (Phi) is 3.17. The van der Waals surface area contributed by atoms with Crippen LogP contribution in [0.15, 0.2) is 6.20 Å². The van der Waals surface area contributed by atoms with Crippen LogP contribution in [0, 0.1) is 5.41 Å². The van der Waals surface area contributed by atoms with Gasteiger partial charge in [0.05, 0.1) is 6.04 Å². The maximum atomic E-state index is 5.65. The van der Waals surface area contributed by atoms with Gasteiger partial charge >= 0.3 is 0 Å². The first-order valence-corrected chi connectivity index (χ1v) is 5.51. The van der Waals surface area contributed by atoms with E-state index < -0.39 is 0 Å². The maximum absolute atomic E-state index is 5.65.